The van der Waals surface area contributed by atoms with Crippen LogP contribution >= 0.6 is 0 Å². The Morgan fingerprint density at radius 3 is 1.48 bits per heavy atom. The molecular weight excluding hydrogens is 332 g/mol. The Morgan fingerprint density at radius 2 is 1.16 bits per heavy atom. The maximum atomic E-state index is 11.9. The molecule has 2 atom stereocenters. The van der Waals surface area contributed by atoms with Crippen LogP contribution in [0.25, 0.3) is 0 Å². The number of morpholine rings is 2. The fourth-order valence-corrected chi connectivity index (χ4v) is 3.40. The minimum absolute atomic E-state index is 0.383. The number of carbonyl (C=O) groups is 2. The van der Waals surface area contributed by atoms with Crippen molar-refractivity contribution in [2.45, 2.75) is 12.1 Å². The maximum Gasteiger partial charge on any atom is 0.325 e. The molecule has 25 heavy (non-hydrogen) atoms. The van der Waals surface area contributed by atoms with Crippen LogP contribution < -0.4 is 0 Å². The van der Waals surface area contributed by atoms with Gasteiger partial charge >= 0.3 is 11.9 Å². The van der Waals surface area contributed by atoms with Gasteiger partial charge in [-0.3, -0.25) is 19.4 Å². The van der Waals surface area contributed by atoms with Gasteiger partial charge in [0.15, 0.2) is 0 Å². The monoisotopic (exact) mass is 354 g/mol. The van der Waals surface area contributed by atoms with Gasteiger partial charge in [0.2, 0.25) is 0 Å². The summed E-state index contributed by atoms with van der Waals surface area (Å²) in [7, 11) is 0. The number of hydrogen-bond acceptors (Lipinski definition) is 7. The van der Waals surface area contributed by atoms with Crippen LogP contribution in [-0.2, 0) is 19.1 Å². The smallest absolute Gasteiger partial charge is 0.325 e. The van der Waals surface area contributed by atoms with E-state index in [4.69, 9.17) is 13.9 Å². The number of carboxylic acid groups (broad SMARTS) is 2. The van der Waals surface area contributed by atoms with E-state index in [9.17, 15) is 19.8 Å². The lowest BCUT2D eigenvalue weighted by Gasteiger charge is -2.34. The van der Waals surface area contributed by atoms with E-state index >= 15 is 0 Å². The highest BCUT2D eigenvalue weighted by molar-refractivity contribution is 5.80. The molecule has 2 N–H and O–H groups in total. The van der Waals surface area contributed by atoms with Crippen LogP contribution in [0.5, 0.6) is 0 Å². The van der Waals surface area contributed by atoms with E-state index in [0.29, 0.717) is 63.7 Å². The first-order valence-corrected chi connectivity index (χ1v) is 8.24. The predicted molar refractivity (Wildman–Crippen MR) is 84.2 cm³/mol. The molecule has 1 aromatic rings. The number of aliphatic carboxylic acids is 2. The number of ether oxygens (including phenoxy) is 2. The van der Waals surface area contributed by atoms with Crippen molar-refractivity contribution in [1.29, 1.82) is 0 Å². The molecule has 138 valence electrons. The van der Waals surface area contributed by atoms with Gasteiger partial charge in [-0.25, -0.2) is 0 Å². The molecule has 2 aliphatic rings. The van der Waals surface area contributed by atoms with Gasteiger partial charge in [0.1, 0.15) is 12.1 Å². The van der Waals surface area contributed by atoms with Gasteiger partial charge in [0, 0.05) is 37.3 Å². The molecule has 0 aromatic carbocycles. The van der Waals surface area contributed by atoms with Gasteiger partial charge in [0.05, 0.1) is 39.0 Å². The van der Waals surface area contributed by atoms with E-state index in [0.717, 1.165) is 0 Å². The van der Waals surface area contributed by atoms with Crippen LogP contribution in [0.3, 0.4) is 0 Å². The summed E-state index contributed by atoms with van der Waals surface area (Å²) in [6.45, 7) is 3.67. The fraction of sp³-hybridized carbons (Fsp3) is 0.625. The maximum absolute atomic E-state index is 11.9. The van der Waals surface area contributed by atoms with Crippen LogP contribution in [0, 0.1) is 0 Å². The highest BCUT2D eigenvalue weighted by Gasteiger charge is 2.38. The zero-order chi connectivity index (χ0) is 17.8. The number of rotatable bonds is 6. The van der Waals surface area contributed by atoms with Crippen molar-refractivity contribution in [3.8, 4) is 0 Å². The molecular formula is C16H22N2O7. The van der Waals surface area contributed by atoms with Crippen molar-refractivity contribution < 1.29 is 33.7 Å². The van der Waals surface area contributed by atoms with Gasteiger partial charge in [-0.2, -0.15) is 0 Å². The lowest BCUT2D eigenvalue weighted by molar-refractivity contribution is -0.147. The molecule has 3 rings (SSSR count). The number of furan rings is 1. The molecule has 3 heterocycles. The van der Waals surface area contributed by atoms with E-state index in [1.54, 1.807) is 9.80 Å². The van der Waals surface area contributed by atoms with E-state index in [1.165, 1.54) is 12.5 Å². The van der Waals surface area contributed by atoms with Crippen molar-refractivity contribution in [2.24, 2.45) is 0 Å². The summed E-state index contributed by atoms with van der Waals surface area (Å²) >= 11 is 0. The first-order chi connectivity index (χ1) is 12.1. The highest BCUT2D eigenvalue weighted by atomic mass is 16.5. The summed E-state index contributed by atoms with van der Waals surface area (Å²) in [5.41, 5.74) is 0.765. The molecule has 0 amide bonds. The first kappa shape index (κ1) is 17.9. The zero-order valence-corrected chi connectivity index (χ0v) is 13.8. The molecule has 2 aliphatic heterocycles. The van der Waals surface area contributed by atoms with Crippen molar-refractivity contribution in [3.63, 3.8) is 0 Å². The Bertz CT molecular complexity index is 555. The SMILES string of the molecule is O=C(O)C(c1cocc1C(C(=O)O)N1CCOCC1)N1CCOCC1. The topological polar surface area (TPSA) is 113 Å². The predicted octanol–water partition coefficient (Wildman–Crippen LogP) is 0.195. The highest BCUT2D eigenvalue weighted by Crippen LogP contribution is 2.33. The zero-order valence-electron chi connectivity index (χ0n) is 13.8. The molecule has 2 saturated heterocycles. The Morgan fingerprint density at radius 1 is 0.800 bits per heavy atom. The second-order valence-corrected chi connectivity index (χ2v) is 6.06. The quantitative estimate of drug-likeness (QED) is 0.739. The Kier molecular flexibility index (Phi) is 5.69. The summed E-state index contributed by atoms with van der Waals surface area (Å²) < 4.78 is 15.8. The van der Waals surface area contributed by atoms with Crippen molar-refractivity contribution >= 4 is 11.9 Å². The van der Waals surface area contributed by atoms with E-state index < -0.39 is 24.0 Å². The summed E-state index contributed by atoms with van der Waals surface area (Å²) in [5.74, 6) is -2.06. The minimum atomic E-state index is -1.03. The van der Waals surface area contributed by atoms with Crippen LogP contribution in [0.4, 0.5) is 0 Å². The average Bonchev–Trinajstić information content (AvgIpc) is 3.05. The standard InChI is InChI=1S/C16H22N2O7/c19-15(20)13(17-1-5-23-6-2-17)11-9-25-10-12(11)14(16(21)22)18-3-7-24-8-4-18/h9-10,13-14H,1-8H2,(H,19,20)(H,21,22). The van der Waals surface area contributed by atoms with E-state index in [1.807, 2.05) is 0 Å². The van der Waals surface area contributed by atoms with Gasteiger partial charge in [0.25, 0.3) is 0 Å². The van der Waals surface area contributed by atoms with Gasteiger partial charge in [-0.05, 0) is 0 Å². The summed E-state index contributed by atoms with van der Waals surface area (Å²) in [4.78, 5) is 27.4. The third kappa shape index (κ3) is 3.84. The second kappa shape index (κ2) is 7.96. The molecule has 2 fully saturated rings. The molecule has 0 bridgehead atoms. The summed E-state index contributed by atoms with van der Waals surface area (Å²) in [6, 6.07) is -1.92. The first-order valence-electron chi connectivity index (χ1n) is 8.24. The summed E-state index contributed by atoms with van der Waals surface area (Å²) in [6.07, 6.45) is 2.69. The van der Waals surface area contributed by atoms with Crippen molar-refractivity contribution in [1.82, 2.24) is 9.80 Å². The van der Waals surface area contributed by atoms with Crippen LogP contribution in [0.1, 0.15) is 23.2 Å². The Labute approximate surface area is 144 Å². The number of carboxylic acids is 2. The number of nitrogens with zero attached hydrogens (tertiary/aromatic N) is 2. The Balaban J connectivity index is 1.92. The molecule has 2 unspecified atom stereocenters. The molecule has 9 nitrogen and oxygen atoms in total. The normalized spacial score (nSPS) is 22.4. The molecule has 0 radical (unpaired) electrons. The van der Waals surface area contributed by atoms with Crippen molar-refractivity contribution in [3.05, 3.63) is 23.7 Å². The minimum Gasteiger partial charge on any atom is -0.480 e. The van der Waals surface area contributed by atoms with Crippen LogP contribution in [-0.4, -0.2) is 84.6 Å². The molecule has 0 spiro atoms. The lowest BCUT2D eigenvalue weighted by atomic mass is 9.97. The Hall–Kier alpha value is -1.94. The van der Waals surface area contributed by atoms with Gasteiger partial charge in [-0.15, -0.1) is 0 Å². The van der Waals surface area contributed by atoms with Gasteiger partial charge in [-0.1, -0.05) is 0 Å². The van der Waals surface area contributed by atoms with E-state index in [-0.39, 0.29) is 0 Å². The molecule has 0 saturated carbocycles. The second-order valence-electron chi connectivity index (χ2n) is 6.06. The van der Waals surface area contributed by atoms with Gasteiger partial charge < -0.3 is 24.1 Å². The number of hydrogen-bond donors (Lipinski definition) is 2. The van der Waals surface area contributed by atoms with E-state index in [2.05, 4.69) is 0 Å². The fourth-order valence-electron chi connectivity index (χ4n) is 3.40. The van der Waals surface area contributed by atoms with Crippen LogP contribution in [0.2, 0.25) is 0 Å². The largest absolute Gasteiger partial charge is 0.480 e. The lowest BCUT2D eigenvalue weighted by Crippen LogP contribution is -2.44. The molecule has 1 aromatic heterocycles. The molecule has 0 aliphatic carbocycles. The third-order valence-electron chi connectivity index (χ3n) is 4.60. The van der Waals surface area contributed by atoms with Crippen molar-refractivity contribution in [2.75, 3.05) is 52.6 Å². The van der Waals surface area contributed by atoms with Crippen LogP contribution in [0.15, 0.2) is 16.9 Å². The third-order valence-corrected chi connectivity index (χ3v) is 4.60. The molecule has 9 heteroatoms. The average molecular weight is 354 g/mol. The summed E-state index contributed by atoms with van der Waals surface area (Å²) in [5, 5.41) is 19.5.